The third-order valence-electron chi connectivity index (χ3n) is 2.96. The van der Waals surface area contributed by atoms with Crippen LogP contribution in [0, 0.1) is 12.7 Å². The smallest absolute Gasteiger partial charge is 0.221 e. The van der Waals surface area contributed by atoms with E-state index in [0.29, 0.717) is 30.2 Å². The van der Waals surface area contributed by atoms with Gasteiger partial charge in [0.05, 0.1) is 5.69 Å². The second kappa shape index (κ2) is 6.29. The highest BCUT2D eigenvalue weighted by Crippen LogP contribution is 2.16. The molecular weight excluding hydrogens is 259 g/mol. The van der Waals surface area contributed by atoms with Crippen LogP contribution in [0.4, 0.5) is 4.39 Å². The van der Waals surface area contributed by atoms with Gasteiger partial charge in [-0.1, -0.05) is 6.07 Å². The van der Waals surface area contributed by atoms with Crippen molar-refractivity contribution in [3.05, 3.63) is 47.8 Å². The zero-order valence-electron chi connectivity index (χ0n) is 11.3. The maximum atomic E-state index is 14.1. The summed E-state index contributed by atoms with van der Waals surface area (Å²) >= 11 is 0. The van der Waals surface area contributed by atoms with Crippen LogP contribution in [0.25, 0.3) is 5.69 Å². The average molecular weight is 276 g/mol. The molecule has 3 N–H and O–H groups in total. The first kappa shape index (κ1) is 14.2. The van der Waals surface area contributed by atoms with Crippen molar-refractivity contribution in [1.29, 1.82) is 0 Å². The van der Waals surface area contributed by atoms with E-state index in [0.717, 1.165) is 0 Å². The van der Waals surface area contributed by atoms with Crippen molar-refractivity contribution in [2.24, 2.45) is 5.73 Å². The Morgan fingerprint density at radius 3 is 2.90 bits per heavy atom. The number of rotatable bonds is 5. The fourth-order valence-corrected chi connectivity index (χ4v) is 1.91. The number of amides is 1. The number of carbonyl (C=O) groups excluding carboxylic acids is 1. The van der Waals surface area contributed by atoms with Gasteiger partial charge in [-0.15, -0.1) is 0 Å². The van der Waals surface area contributed by atoms with E-state index in [9.17, 15) is 9.18 Å². The van der Waals surface area contributed by atoms with Crippen molar-refractivity contribution < 1.29 is 9.18 Å². The number of halogens is 1. The second-order valence-corrected chi connectivity index (χ2v) is 4.45. The number of nitrogens with two attached hydrogens (primary N) is 1. The molecule has 0 spiro atoms. The molecule has 0 aliphatic rings. The average Bonchev–Trinajstić information content (AvgIpc) is 2.83. The summed E-state index contributed by atoms with van der Waals surface area (Å²) in [6.07, 6.45) is 3.60. The maximum Gasteiger partial charge on any atom is 0.221 e. The lowest BCUT2D eigenvalue weighted by Gasteiger charge is -2.09. The molecule has 2 aromatic rings. The number of nitrogens with zero attached hydrogens (tertiary/aromatic N) is 2. The normalized spacial score (nSPS) is 10.6. The van der Waals surface area contributed by atoms with Crippen LogP contribution in [0.2, 0.25) is 0 Å². The molecule has 0 atom stereocenters. The minimum Gasteiger partial charge on any atom is -0.352 e. The Balaban J connectivity index is 2.10. The Morgan fingerprint density at radius 1 is 1.50 bits per heavy atom. The molecule has 0 aliphatic heterocycles. The lowest BCUT2D eigenvalue weighted by Crippen LogP contribution is -2.25. The number of hydrogen-bond acceptors (Lipinski definition) is 3. The van der Waals surface area contributed by atoms with Gasteiger partial charge in [0.25, 0.3) is 0 Å². The van der Waals surface area contributed by atoms with Crippen molar-refractivity contribution in [3.8, 4) is 5.69 Å². The van der Waals surface area contributed by atoms with Gasteiger partial charge in [0.1, 0.15) is 11.6 Å². The molecular formula is C14H17FN4O. The Bertz CT molecular complexity index is 609. The number of hydrogen-bond donors (Lipinski definition) is 2. The zero-order valence-corrected chi connectivity index (χ0v) is 11.3. The van der Waals surface area contributed by atoms with E-state index in [1.54, 1.807) is 36.0 Å². The van der Waals surface area contributed by atoms with Crippen LogP contribution in [0.5, 0.6) is 0 Å². The zero-order chi connectivity index (χ0) is 14.5. The standard InChI is InChI=1S/C14H17FN4O/c1-10-17-6-7-19(10)13-3-2-11(8-12(13)15)9-18-14(20)4-5-16/h2-3,6-8H,4-5,9,16H2,1H3,(H,18,20). The molecule has 0 saturated heterocycles. The van der Waals surface area contributed by atoms with E-state index in [2.05, 4.69) is 10.3 Å². The topological polar surface area (TPSA) is 72.9 Å². The molecule has 0 fully saturated rings. The van der Waals surface area contributed by atoms with Gasteiger partial charge in [-0.3, -0.25) is 4.79 Å². The van der Waals surface area contributed by atoms with Crippen LogP contribution in [0.15, 0.2) is 30.6 Å². The summed E-state index contributed by atoms with van der Waals surface area (Å²) in [6.45, 7) is 2.40. The Hall–Kier alpha value is -2.21. The number of imidazole rings is 1. The summed E-state index contributed by atoms with van der Waals surface area (Å²) < 4.78 is 15.8. The van der Waals surface area contributed by atoms with Crippen molar-refractivity contribution in [1.82, 2.24) is 14.9 Å². The highest BCUT2D eigenvalue weighted by atomic mass is 19.1. The van der Waals surface area contributed by atoms with Gasteiger partial charge in [-0.2, -0.15) is 0 Å². The van der Waals surface area contributed by atoms with Crippen LogP contribution >= 0.6 is 0 Å². The van der Waals surface area contributed by atoms with E-state index < -0.39 is 0 Å². The van der Waals surface area contributed by atoms with Gasteiger partial charge in [-0.25, -0.2) is 9.37 Å². The molecule has 106 valence electrons. The molecule has 1 heterocycles. The monoisotopic (exact) mass is 276 g/mol. The van der Waals surface area contributed by atoms with Crippen LogP contribution in [0.1, 0.15) is 17.8 Å². The summed E-state index contributed by atoms with van der Waals surface area (Å²) in [7, 11) is 0. The number of aromatic nitrogens is 2. The van der Waals surface area contributed by atoms with Gasteiger partial charge in [-0.05, 0) is 24.6 Å². The predicted molar refractivity (Wildman–Crippen MR) is 73.8 cm³/mol. The first-order valence-electron chi connectivity index (χ1n) is 6.37. The van der Waals surface area contributed by atoms with Gasteiger partial charge >= 0.3 is 0 Å². The molecule has 0 aliphatic carbocycles. The molecule has 0 unspecified atom stereocenters. The molecule has 0 saturated carbocycles. The minimum absolute atomic E-state index is 0.137. The molecule has 6 heteroatoms. The SMILES string of the molecule is Cc1nccn1-c1ccc(CNC(=O)CCN)cc1F. The molecule has 1 aromatic heterocycles. The Morgan fingerprint density at radius 2 is 2.30 bits per heavy atom. The van der Waals surface area contributed by atoms with Crippen LogP contribution in [0.3, 0.4) is 0 Å². The van der Waals surface area contributed by atoms with Gasteiger partial charge in [0.15, 0.2) is 0 Å². The molecule has 2 rings (SSSR count). The number of carbonyl (C=O) groups is 1. The summed E-state index contributed by atoms with van der Waals surface area (Å²) in [4.78, 5) is 15.4. The van der Waals surface area contributed by atoms with Crippen LogP contribution < -0.4 is 11.1 Å². The predicted octanol–water partition coefficient (Wildman–Crippen LogP) is 1.28. The first-order valence-corrected chi connectivity index (χ1v) is 6.37. The first-order chi connectivity index (χ1) is 9.61. The maximum absolute atomic E-state index is 14.1. The molecule has 0 bridgehead atoms. The molecule has 20 heavy (non-hydrogen) atoms. The Labute approximate surface area is 116 Å². The third-order valence-corrected chi connectivity index (χ3v) is 2.96. The van der Waals surface area contributed by atoms with Gasteiger partial charge in [0.2, 0.25) is 5.91 Å². The van der Waals surface area contributed by atoms with Crippen molar-refractivity contribution in [3.63, 3.8) is 0 Å². The fourth-order valence-electron chi connectivity index (χ4n) is 1.91. The van der Waals surface area contributed by atoms with Gasteiger partial charge in [0, 0.05) is 31.9 Å². The molecule has 0 radical (unpaired) electrons. The van der Waals surface area contributed by atoms with E-state index in [4.69, 9.17) is 5.73 Å². The number of nitrogens with one attached hydrogen (secondary N) is 1. The molecule has 1 aromatic carbocycles. The summed E-state index contributed by atoms with van der Waals surface area (Å²) in [5, 5.41) is 2.69. The quantitative estimate of drug-likeness (QED) is 0.864. The fraction of sp³-hybridized carbons (Fsp3) is 0.286. The van der Waals surface area contributed by atoms with Crippen molar-refractivity contribution in [2.75, 3.05) is 6.54 Å². The van der Waals surface area contributed by atoms with E-state index in [1.165, 1.54) is 6.07 Å². The largest absolute Gasteiger partial charge is 0.352 e. The van der Waals surface area contributed by atoms with Crippen molar-refractivity contribution in [2.45, 2.75) is 19.9 Å². The number of aryl methyl sites for hydroxylation is 1. The van der Waals surface area contributed by atoms with Gasteiger partial charge < -0.3 is 15.6 Å². The molecule has 5 nitrogen and oxygen atoms in total. The second-order valence-electron chi connectivity index (χ2n) is 4.45. The molecule has 1 amide bonds. The summed E-state index contributed by atoms with van der Waals surface area (Å²) in [5.41, 5.74) is 6.43. The van der Waals surface area contributed by atoms with E-state index in [1.807, 2.05) is 0 Å². The lowest BCUT2D eigenvalue weighted by atomic mass is 10.2. The van der Waals surface area contributed by atoms with Crippen molar-refractivity contribution >= 4 is 5.91 Å². The summed E-state index contributed by atoms with van der Waals surface area (Å²) in [5.74, 6) is 0.229. The summed E-state index contributed by atoms with van der Waals surface area (Å²) in [6, 6.07) is 4.87. The van der Waals surface area contributed by atoms with Crippen LogP contribution in [-0.4, -0.2) is 22.0 Å². The lowest BCUT2D eigenvalue weighted by molar-refractivity contribution is -0.121. The third kappa shape index (κ3) is 3.21. The minimum atomic E-state index is -0.350. The van der Waals surface area contributed by atoms with Crippen LogP contribution in [-0.2, 0) is 11.3 Å². The highest BCUT2D eigenvalue weighted by molar-refractivity contribution is 5.76. The number of benzene rings is 1. The Kier molecular flexibility index (Phi) is 4.47. The highest BCUT2D eigenvalue weighted by Gasteiger charge is 2.08. The van der Waals surface area contributed by atoms with E-state index in [-0.39, 0.29) is 18.1 Å². The van der Waals surface area contributed by atoms with E-state index >= 15 is 0 Å².